The molecule has 2 saturated heterocycles. The Morgan fingerprint density at radius 2 is 2.00 bits per heavy atom. The summed E-state index contributed by atoms with van der Waals surface area (Å²) in [6, 6.07) is 0.258. The zero-order valence-corrected chi connectivity index (χ0v) is 12.4. The average Bonchev–Trinajstić information content (AvgIpc) is 2.69. The number of nitrogens with zero attached hydrogens (tertiary/aromatic N) is 1. The summed E-state index contributed by atoms with van der Waals surface area (Å²) in [6.45, 7) is 3.42. The molecule has 0 aliphatic carbocycles. The van der Waals surface area contributed by atoms with E-state index >= 15 is 0 Å². The SMILES string of the molecule is CC1CCC(CN)CN1C(=O)CC1CCS(=O)(=O)C1. The number of carbonyl (C=O) groups is 1. The molecule has 0 bridgehead atoms. The van der Waals surface area contributed by atoms with Gasteiger partial charge in [-0.3, -0.25) is 4.79 Å². The van der Waals surface area contributed by atoms with Crippen LogP contribution >= 0.6 is 0 Å². The number of hydrogen-bond donors (Lipinski definition) is 1. The van der Waals surface area contributed by atoms with Crippen molar-refractivity contribution in [2.45, 2.75) is 38.6 Å². The van der Waals surface area contributed by atoms with Gasteiger partial charge in [-0.25, -0.2) is 8.42 Å². The predicted molar refractivity (Wildman–Crippen MR) is 74.3 cm³/mol. The summed E-state index contributed by atoms with van der Waals surface area (Å²) in [7, 11) is -2.89. The number of sulfone groups is 1. The van der Waals surface area contributed by atoms with Crippen LogP contribution in [0.4, 0.5) is 0 Å². The maximum atomic E-state index is 12.3. The molecular formula is C13H24N2O3S. The normalized spacial score (nSPS) is 34.4. The highest BCUT2D eigenvalue weighted by Crippen LogP contribution is 2.26. The highest BCUT2D eigenvalue weighted by atomic mass is 32.2. The van der Waals surface area contributed by atoms with E-state index in [2.05, 4.69) is 6.92 Å². The molecule has 2 N–H and O–H groups in total. The molecule has 2 heterocycles. The lowest BCUT2D eigenvalue weighted by molar-refractivity contribution is -0.136. The van der Waals surface area contributed by atoms with Crippen LogP contribution in [0.1, 0.15) is 32.6 Å². The molecule has 3 atom stereocenters. The zero-order valence-electron chi connectivity index (χ0n) is 11.5. The first-order valence-corrected chi connectivity index (χ1v) is 8.93. The van der Waals surface area contributed by atoms with Crippen molar-refractivity contribution in [1.82, 2.24) is 4.90 Å². The highest BCUT2D eigenvalue weighted by Gasteiger charge is 2.33. The first-order chi connectivity index (χ1) is 8.91. The minimum absolute atomic E-state index is 0.0166. The van der Waals surface area contributed by atoms with Crippen LogP contribution in [0.3, 0.4) is 0 Å². The number of carbonyl (C=O) groups excluding carboxylic acids is 1. The van der Waals surface area contributed by atoms with E-state index < -0.39 is 9.84 Å². The van der Waals surface area contributed by atoms with Crippen LogP contribution in [-0.4, -0.2) is 49.9 Å². The van der Waals surface area contributed by atoms with Gasteiger partial charge in [-0.1, -0.05) is 0 Å². The molecule has 0 aromatic heterocycles. The van der Waals surface area contributed by atoms with Gasteiger partial charge in [0, 0.05) is 19.0 Å². The minimum Gasteiger partial charge on any atom is -0.340 e. The van der Waals surface area contributed by atoms with Crippen LogP contribution in [0, 0.1) is 11.8 Å². The minimum atomic E-state index is -2.89. The summed E-state index contributed by atoms with van der Waals surface area (Å²) in [5, 5.41) is 0. The molecular weight excluding hydrogens is 264 g/mol. The fourth-order valence-electron chi connectivity index (χ4n) is 3.12. The molecule has 2 fully saturated rings. The van der Waals surface area contributed by atoms with Gasteiger partial charge in [0.05, 0.1) is 11.5 Å². The summed E-state index contributed by atoms with van der Waals surface area (Å²) in [6.07, 6.45) is 3.09. The summed E-state index contributed by atoms with van der Waals surface area (Å²) < 4.78 is 22.8. The Morgan fingerprint density at radius 1 is 1.26 bits per heavy atom. The second kappa shape index (κ2) is 5.79. The topological polar surface area (TPSA) is 80.5 Å². The third kappa shape index (κ3) is 3.69. The maximum absolute atomic E-state index is 12.3. The Hall–Kier alpha value is -0.620. The number of hydrogen-bond acceptors (Lipinski definition) is 4. The largest absolute Gasteiger partial charge is 0.340 e. The number of amides is 1. The molecule has 0 aromatic rings. The molecule has 0 spiro atoms. The van der Waals surface area contributed by atoms with Gasteiger partial charge in [0.1, 0.15) is 0 Å². The van der Waals surface area contributed by atoms with Crippen molar-refractivity contribution >= 4 is 15.7 Å². The summed E-state index contributed by atoms with van der Waals surface area (Å²) >= 11 is 0. The van der Waals surface area contributed by atoms with E-state index in [1.54, 1.807) is 0 Å². The molecule has 2 rings (SSSR count). The third-order valence-corrected chi connectivity index (χ3v) is 6.26. The van der Waals surface area contributed by atoms with Crippen LogP contribution < -0.4 is 5.73 Å². The van der Waals surface area contributed by atoms with Gasteiger partial charge < -0.3 is 10.6 Å². The van der Waals surface area contributed by atoms with E-state index in [4.69, 9.17) is 5.73 Å². The molecule has 19 heavy (non-hydrogen) atoms. The zero-order chi connectivity index (χ0) is 14.0. The molecule has 0 aromatic carbocycles. The maximum Gasteiger partial charge on any atom is 0.223 e. The average molecular weight is 288 g/mol. The van der Waals surface area contributed by atoms with Crippen molar-refractivity contribution in [3.63, 3.8) is 0 Å². The fraction of sp³-hybridized carbons (Fsp3) is 0.923. The lowest BCUT2D eigenvalue weighted by Gasteiger charge is -2.38. The molecule has 3 unspecified atom stereocenters. The number of nitrogens with two attached hydrogens (primary N) is 1. The van der Waals surface area contributed by atoms with Crippen molar-refractivity contribution in [3.8, 4) is 0 Å². The Balaban J connectivity index is 1.92. The standard InChI is InChI=1S/C13H24N2O3S/c1-10-2-3-12(7-14)8-15(10)13(16)6-11-4-5-19(17,18)9-11/h10-12H,2-9,14H2,1H3. The van der Waals surface area contributed by atoms with Gasteiger partial charge in [-0.15, -0.1) is 0 Å². The van der Waals surface area contributed by atoms with E-state index in [1.807, 2.05) is 4.90 Å². The number of likely N-dealkylation sites (tertiary alicyclic amines) is 1. The molecule has 2 aliphatic rings. The van der Waals surface area contributed by atoms with Crippen LogP contribution in [0.5, 0.6) is 0 Å². The molecule has 0 radical (unpaired) electrons. The Bertz CT molecular complexity index is 435. The Labute approximate surface area is 115 Å². The lowest BCUT2D eigenvalue weighted by atomic mass is 9.92. The Morgan fingerprint density at radius 3 is 2.58 bits per heavy atom. The number of rotatable bonds is 3. The first-order valence-electron chi connectivity index (χ1n) is 7.11. The molecule has 110 valence electrons. The number of piperidine rings is 1. The molecule has 6 heteroatoms. The summed E-state index contributed by atoms with van der Waals surface area (Å²) in [4.78, 5) is 14.2. The molecule has 0 saturated carbocycles. The molecule has 1 amide bonds. The van der Waals surface area contributed by atoms with Gasteiger partial charge in [0.2, 0.25) is 5.91 Å². The van der Waals surface area contributed by atoms with E-state index in [0.717, 1.165) is 19.4 Å². The fourth-order valence-corrected chi connectivity index (χ4v) is 4.98. The van der Waals surface area contributed by atoms with Crippen molar-refractivity contribution in [1.29, 1.82) is 0 Å². The second-order valence-electron chi connectivity index (χ2n) is 6.05. The van der Waals surface area contributed by atoms with E-state index in [1.165, 1.54) is 0 Å². The van der Waals surface area contributed by atoms with Gasteiger partial charge in [0.25, 0.3) is 0 Å². The monoisotopic (exact) mass is 288 g/mol. The third-order valence-electron chi connectivity index (χ3n) is 4.42. The Kier molecular flexibility index (Phi) is 4.50. The first kappa shape index (κ1) is 14.8. The van der Waals surface area contributed by atoms with Gasteiger partial charge in [-0.2, -0.15) is 0 Å². The van der Waals surface area contributed by atoms with E-state index in [0.29, 0.717) is 25.3 Å². The van der Waals surface area contributed by atoms with Crippen molar-refractivity contribution in [2.75, 3.05) is 24.6 Å². The van der Waals surface area contributed by atoms with Gasteiger partial charge >= 0.3 is 0 Å². The van der Waals surface area contributed by atoms with Crippen LogP contribution in [0.15, 0.2) is 0 Å². The van der Waals surface area contributed by atoms with Crippen molar-refractivity contribution < 1.29 is 13.2 Å². The lowest BCUT2D eigenvalue weighted by Crippen LogP contribution is -2.47. The molecule has 5 nitrogen and oxygen atoms in total. The summed E-state index contributed by atoms with van der Waals surface area (Å²) in [5.74, 6) is 0.941. The molecule has 2 aliphatic heterocycles. The second-order valence-corrected chi connectivity index (χ2v) is 8.28. The van der Waals surface area contributed by atoms with Gasteiger partial charge in [-0.05, 0) is 44.6 Å². The van der Waals surface area contributed by atoms with Crippen molar-refractivity contribution in [3.05, 3.63) is 0 Å². The van der Waals surface area contributed by atoms with Crippen molar-refractivity contribution in [2.24, 2.45) is 17.6 Å². The van der Waals surface area contributed by atoms with Gasteiger partial charge in [0.15, 0.2) is 9.84 Å². The van der Waals surface area contributed by atoms with Crippen LogP contribution in [0.25, 0.3) is 0 Å². The van der Waals surface area contributed by atoms with Crippen LogP contribution in [-0.2, 0) is 14.6 Å². The van der Waals surface area contributed by atoms with E-state index in [-0.39, 0.29) is 29.4 Å². The van der Waals surface area contributed by atoms with Crippen LogP contribution in [0.2, 0.25) is 0 Å². The predicted octanol–water partition coefficient (Wildman–Crippen LogP) is 0.397. The van der Waals surface area contributed by atoms with E-state index in [9.17, 15) is 13.2 Å². The highest BCUT2D eigenvalue weighted by molar-refractivity contribution is 7.91. The smallest absolute Gasteiger partial charge is 0.223 e. The quantitative estimate of drug-likeness (QED) is 0.815. The summed E-state index contributed by atoms with van der Waals surface area (Å²) in [5.41, 5.74) is 5.69.